The van der Waals surface area contributed by atoms with Gasteiger partial charge in [0.1, 0.15) is 17.3 Å². The van der Waals surface area contributed by atoms with E-state index in [-0.39, 0.29) is 23.3 Å². The number of carbonyl (C=O) groups is 3. The molecule has 1 fully saturated rings. The average Bonchev–Trinajstić information content (AvgIpc) is 2.91. The molecule has 37 heavy (non-hydrogen) atoms. The molecule has 0 amide bonds. The number of anilines is 1. The number of thiocarbonyl (C=S) groups is 1. The largest absolute Gasteiger partial charge is 0.477 e. The van der Waals surface area contributed by atoms with E-state index in [0.717, 1.165) is 0 Å². The summed E-state index contributed by atoms with van der Waals surface area (Å²) >= 11 is 5.52. The molecule has 2 aromatic rings. The Bertz CT molecular complexity index is 1240. The molecule has 1 atom stereocenters. The van der Waals surface area contributed by atoms with E-state index in [1.165, 1.54) is 26.6 Å². The third kappa shape index (κ3) is 6.50. The summed E-state index contributed by atoms with van der Waals surface area (Å²) in [5.41, 5.74) is -0.572. The summed E-state index contributed by atoms with van der Waals surface area (Å²) in [6.07, 6.45) is 3.65. The predicted molar refractivity (Wildman–Crippen MR) is 138 cm³/mol. The number of hydrogen-bond donors (Lipinski definition) is 2. The number of aromatic carboxylic acids is 1. The van der Waals surface area contributed by atoms with Gasteiger partial charge in [-0.15, -0.1) is 0 Å². The van der Waals surface area contributed by atoms with Crippen molar-refractivity contribution in [2.75, 3.05) is 45.3 Å². The van der Waals surface area contributed by atoms with Crippen LogP contribution in [-0.4, -0.2) is 94.0 Å². The minimum atomic E-state index is -1.29. The Morgan fingerprint density at radius 3 is 2.49 bits per heavy atom. The zero-order chi connectivity index (χ0) is 27.1. The molecule has 0 aromatic carbocycles. The van der Waals surface area contributed by atoms with E-state index in [1.54, 1.807) is 4.57 Å². The Kier molecular flexibility index (Phi) is 9.33. The van der Waals surface area contributed by atoms with Crippen molar-refractivity contribution in [3.63, 3.8) is 0 Å². The average molecular weight is 535 g/mol. The first-order valence-corrected chi connectivity index (χ1v) is 12.2. The summed E-state index contributed by atoms with van der Waals surface area (Å²) in [4.78, 5) is 60.3. The Labute approximate surface area is 218 Å². The fourth-order valence-electron chi connectivity index (χ4n) is 4.00. The maximum Gasteiger partial charge on any atom is 0.341 e. The van der Waals surface area contributed by atoms with Crippen molar-refractivity contribution in [1.29, 1.82) is 0 Å². The summed E-state index contributed by atoms with van der Waals surface area (Å²) in [5, 5.41) is 12.9. The summed E-state index contributed by atoms with van der Waals surface area (Å²) in [6, 6.07) is -0.689. The summed E-state index contributed by atoms with van der Waals surface area (Å²) in [5.74, 6) is -1.69. The number of carboxylic acid groups (broad SMARTS) is 1. The Morgan fingerprint density at radius 1 is 1.19 bits per heavy atom. The molecule has 0 bridgehead atoms. The molecule has 200 valence electrons. The highest BCUT2D eigenvalue weighted by atomic mass is 32.1. The Hall–Kier alpha value is -3.81. The zero-order valence-electron chi connectivity index (χ0n) is 20.9. The van der Waals surface area contributed by atoms with Crippen LogP contribution in [0.2, 0.25) is 0 Å². The van der Waals surface area contributed by atoms with Gasteiger partial charge in [-0.25, -0.2) is 14.6 Å². The lowest BCUT2D eigenvalue weighted by molar-refractivity contribution is -0.144. The maximum atomic E-state index is 12.5. The molecule has 0 unspecified atom stereocenters. The number of rotatable bonds is 9. The van der Waals surface area contributed by atoms with Crippen LogP contribution in [0.1, 0.15) is 36.5 Å². The second-order valence-corrected chi connectivity index (χ2v) is 8.72. The van der Waals surface area contributed by atoms with Gasteiger partial charge in [0.05, 0.1) is 19.6 Å². The van der Waals surface area contributed by atoms with Gasteiger partial charge in [-0.05, 0) is 32.0 Å². The first kappa shape index (κ1) is 27.8. The number of pyridine rings is 1. The van der Waals surface area contributed by atoms with Crippen LogP contribution < -0.4 is 15.6 Å². The molecule has 0 aliphatic carbocycles. The van der Waals surface area contributed by atoms with Crippen molar-refractivity contribution in [2.24, 2.45) is 0 Å². The van der Waals surface area contributed by atoms with Gasteiger partial charge in [-0.1, -0.05) is 0 Å². The van der Waals surface area contributed by atoms with Crippen LogP contribution >= 0.6 is 12.2 Å². The van der Waals surface area contributed by atoms with Crippen molar-refractivity contribution < 1.29 is 29.0 Å². The van der Waals surface area contributed by atoms with E-state index in [1.807, 2.05) is 16.7 Å². The minimum Gasteiger partial charge on any atom is -0.477 e. The summed E-state index contributed by atoms with van der Waals surface area (Å²) < 4.78 is 11.1. The van der Waals surface area contributed by atoms with Gasteiger partial charge in [-0.3, -0.25) is 9.59 Å². The number of nitrogens with zero attached hydrogens (tertiary/aromatic N) is 5. The number of piperazine rings is 1. The molecule has 3 rings (SSSR count). The molecule has 1 aliphatic heterocycles. The molecule has 13 nitrogen and oxygen atoms in total. The van der Waals surface area contributed by atoms with Gasteiger partial charge in [0.2, 0.25) is 11.4 Å². The zero-order valence-corrected chi connectivity index (χ0v) is 21.7. The number of aryl methyl sites for hydroxylation is 1. The fourth-order valence-corrected chi connectivity index (χ4v) is 4.33. The second kappa shape index (κ2) is 12.4. The summed E-state index contributed by atoms with van der Waals surface area (Å²) in [7, 11) is 2.61. The van der Waals surface area contributed by atoms with Crippen molar-refractivity contribution in [2.45, 2.75) is 38.8 Å². The first-order chi connectivity index (χ1) is 17.7. The van der Waals surface area contributed by atoms with E-state index in [0.29, 0.717) is 62.3 Å². The molecular weight excluding hydrogens is 504 g/mol. The minimum absolute atomic E-state index is 0.149. The Balaban J connectivity index is 1.67. The third-order valence-corrected chi connectivity index (χ3v) is 6.48. The van der Waals surface area contributed by atoms with Crippen LogP contribution in [0.15, 0.2) is 17.2 Å². The van der Waals surface area contributed by atoms with Crippen LogP contribution in [0.4, 0.5) is 5.95 Å². The van der Waals surface area contributed by atoms with Crippen LogP contribution in [0.3, 0.4) is 0 Å². The highest BCUT2D eigenvalue weighted by Gasteiger charge is 2.26. The van der Waals surface area contributed by atoms with Crippen molar-refractivity contribution in [1.82, 2.24) is 24.8 Å². The van der Waals surface area contributed by atoms with Gasteiger partial charge >= 0.3 is 17.9 Å². The van der Waals surface area contributed by atoms with Crippen LogP contribution in [0.5, 0.6) is 0 Å². The lowest BCUT2D eigenvalue weighted by Gasteiger charge is -2.37. The molecular formula is C23H30N6O7S. The molecule has 14 heteroatoms. The van der Waals surface area contributed by atoms with Crippen molar-refractivity contribution in [3.05, 3.63) is 28.2 Å². The first-order valence-electron chi connectivity index (χ1n) is 11.8. The molecule has 0 spiro atoms. The Morgan fingerprint density at radius 2 is 1.89 bits per heavy atom. The normalized spacial score (nSPS) is 14.2. The molecule has 1 saturated heterocycles. The van der Waals surface area contributed by atoms with Gasteiger partial charge in [-0.2, -0.15) is 4.98 Å². The number of aromatic nitrogens is 3. The molecule has 2 aromatic heterocycles. The van der Waals surface area contributed by atoms with Crippen LogP contribution in [0, 0.1) is 0 Å². The number of ether oxygens (including phenoxy) is 2. The number of methoxy groups -OCH3 is 2. The van der Waals surface area contributed by atoms with E-state index in [9.17, 15) is 24.3 Å². The SMILES string of the molecule is CCn1cc(C(=O)O)c(=O)c2cnc(N3CCN(C(=S)N[C@@H](CCCC(=O)OC)C(=O)OC)CC3)nc21. The monoisotopic (exact) mass is 534 g/mol. The number of esters is 2. The lowest BCUT2D eigenvalue weighted by Crippen LogP contribution is -2.55. The van der Waals surface area contributed by atoms with Crippen molar-refractivity contribution in [3.8, 4) is 0 Å². The van der Waals surface area contributed by atoms with Gasteiger partial charge in [0, 0.05) is 51.5 Å². The van der Waals surface area contributed by atoms with E-state index in [2.05, 4.69) is 20.0 Å². The number of fused-ring (bicyclic) bond motifs is 1. The molecule has 2 N–H and O–H groups in total. The van der Waals surface area contributed by atoms with Gasteiger partial charge in [0.15, 0.2) is 5.11 Å². The molecule has 0 saturated carbocycles. The quantitative estimate of drug-likeness (QED) is 0.337. The standard InChI is InChI=1S/C23H30N6O7S/c1-4-27-13-15(20(32)33)18(31)14-12-24-22(26-19(14)27)28-8-10-29(11-9-28)23(37)25-16(21(34)36-3)6-5-7-17(30)35-2/h12-13,16H,4-11H2,1-3H3,(H,25,37)(H,32,33)/t16-/m0/s1. The number of nitrogens with one attached hydrogen (secondary N) is 1. The highest BCUT2D eigenvalue weighted by Crippen LogP contribution is 2.16. The summed E-state index contributed by atoms with van der Waals surface area (Å²) in [6.45, 7) is 4.39. The van der Waals surface area contributed by atoms with E-state index >= 15 is 0 Å². The van der Waals surface area contributed by atoms with E-state index < -0.39 is 23.4 Å². The van der Waals surface area contributed by atoms with Crippen LogP contribution in [-0.2, 0) is 25.6 Å². The highest BCUT2D eigenvalue weighted by molar-refractivity contribution is 7.80. The topological polar surface area (TPSA) is 156 Å². The molecule has 1 aliphatic rings. The van der Waals surface area contributed by atoms with Crippen LogP contribution in [0.25, 0.3) is 11.0 Å². The number of hydrogen-bond acceptors (Lipinski definition) is 10. The predicted octanol–water partition coefficient (Wildman–Crippen LogP) is 0.391. The van der Waals surface area contributed by atoms with Gasteiger partial charge in [0.25, 0.3) is 0 Å². The second-order valence-electron chi connectivity index (χ2n) is 8.34. The van der Waals surface area contributed by atoms with Crippen molar-refractivity contribution >= 4 is 52.2 Å². The van der Waals surface area contributed by atoms with E-state index in [4.69, 9.17) is 17.0 Å². The van der Waals surface area contributed by atoms with Gasteiger partial charge < -0.3 is 34.3 Å². The maximum absolute atomic E-state index is 12.5. The number of carbonyl (C=O) groups excluding carboxylic acids is 2. The number of carboxylic acids is 1. The fraction of sp³-hybridized carbons (Fsp3) is 0.522. The molecule has 3 heterocycles. The smallest absolute Gasteiger partial charge is 0.341 e. The third-order valence-electron chi connectivity index (χ3n) is 6.11. The lowest BCUT2D eigenvalue weighted by atomic mass is 10.1. The molecule has 0 radical (unpaired) electrons.